The number of hydrogen-bond acceptors (Lipinski definition) is 5. The van der Waals surface area contributed by atoms with Crippen LogP contribution in [0.3, 0.4) is 0 Å². The molecule has 0 aliphatic rings. The van der Waals surface area contributed by atoms with Crippen LogP contribution in [0.25, 0.3) is 0 Å². The van der Waals surface area contributed by atoms with E-state index >= 15 is 0 Å². The number of benzene rings is 3. The zero-order chi connectivity index (χ0) is 19.2. The first-order chi connectivity index (χ1) is 13.2. The lowest BCUT2D eigenvalue weighted by Crippen LogP contribution is -2.04. The van der Waals surface area contributed by atoms with Crippen molar-refractivity contribution in [3.05, 3.63) is 89.0 Å². The number of methoxy groups -OCH3 is 1. The summed E-state index contributed by atoms with van der Waals surface area (Å²) in [4.78, 5) is 12.9. The van der Waals surface area contributed by atoms with Gasteiger partial charge in [-0.1, -0.05) is 30.3 Å². The van der Waals surface area contributed by atoms with Gasteiger partial charge >= 0.3 is 0 Å². The van der Waals surface area contributed by atoms with E-state index in [1.807, 2.05) is 18.2 Å². The summed E-state index contributed by atoms with van der Waals surface area (Å²) in [7, 11) is 1.52. The van der Waals surface area contributed by atoms with Gasteiger partial charge in [0.25, 0.3) is 0 Å². The van der Waals surface area contributed by atoms with Crippen LogP contribution in [0.15, 0.2) is 66.7 Å². The van der Waals surface area contributed by atoms with Gasteiger partial charge in [-0.15, -0.1) is 0 Å². The van der Waals surface area contributed by atoms with Crippen LogP contribution in [0.5, 0.6) is 17.2 Å². The Morgan fingerprint density at radius 3 is 2.22 bits per heavy atom. The van der Waals surface area contributed by atoms with E-state index in [0.717, 1.165) is 0 Å². The van der Waals surface area contributed by atoms with Crippen LogP contribution in [-0.4, -0.2) is 12.9 Å². The molecule has 0 aliphatic carbocycles. The number of hydrogen-bond donors (Lipinski definition) is 0. The Morgan fingerprint density at radius 2 is 1.56 bits per heavy atom. The summed E-state index contributed by atoms with van der Waals surface area (Å²) < 4.78 is 11.1. The second-order valence-corrected chi connectivity index (χ2v) is 5.59. The molecule has 0 atom stereocenters. The van der Waals surface area contributed by atoms with Gasteiger partial charge in [-0.25, -0.2) is 0 Å². The molecule has 0 fully saturated rings. The summed E-state index contributed by atoms with van der Waals surface area (Å²) in [5.41, 5.74) is 1.36. The highest BCUT2D eigenvalue weighted by atomic mass is 16.5. The maximum atomic E-state index is 12.9. The Labute approximate surface area is 156 Å². The van der Waals surface area contributed by atoms with Crippen LogP contribution in [0, 0.1) is 22.7 Å². The number of nitriles is 2. The van der Waals surface area contributed by atoms with Gasteiger partial charge in [0.15, 0.2) is 5.78 Å². The predicted octanol–water partition coefficient (Wildman–Crippen LogP) is 4.46. The van der Waals surface area contributed by atoms with E-state index in [1.165, 1.54) is 19.2 Å². The molecule has 0 radical (unpaired) electrons. The van der Waals surface area contributed by atoms with Crippen molar-refractivity contribution < 1.29 is 14.3 Å². The minimum absolute atomic E-state index is 0.192. The molecular weight excluding hydrogens is 340 g/mol. The second kappa shape index (κ2) is 7.86. The van der Waals surface area contributed by atoms with Crippen LogP contribution in [0.2, 0.25) is 0 Å². The quantitative estimate of drug-likeness (QED) is 0.632. The molecule has 0 N–H and O–H groups in total. The Kier molecular flexibility index (Phi) is 5.16. The van der Waals surface area contributed by atoms with E-state index in [0.29, 0.717) is 28.4 Å². The number of ether oxygens (including phenoxy) is 2. The Balaban J connectivity index is 2.03. The smallest absolute Gasteiger partial charge is 0.196 e. The van der Waals surface area contributed by atoms with Crippen molar-refractivity contribution in [1.29, 1.82) is 10.5 Å². The molecule has 0 aliphatic heterocycles. The van der Waals surface area contributed by atoms with E-state index in [9.17, 15) is 10.1 Å². The van der Waals surface area contributed by atoms with Crippen molar-refractivity contribution >= 4 is 5.78 Å². The number of rotatable bonds is 5. The summed E-state index contributed by atoms with van der Waals surface area (Å²) >= 11 is 0. The van der Waals surface area contributed by atoms with Gasteiger partial charge < -0.3 is 9.47 Å². The summed E-state index contributed by atoms with van der Waals surface area (Å²) in [6.07, 6.45) is 0. The summed E-state index contributed by atoms with van der Waals surface area (Å²) in [5, 5.41) is 18.2. The highest BCUT2D eigenvalue weighted by Crippen LogP contribution is 2.32. The lowest BCUT2D eigenvalue weighted by Gasteiger charge is -2.13. The molecular formula is C22H14N2O3. The molecule has 3 aromatic carbocycles. The van der Waals surface area contributed by atoms with E-state index in [-0.39, 0.29) is 16.9 Å². The lowest BCUT2D eigenvalue weighted by molar-refractivity contribution is 0.103. The molecule has 0 saturated carbocycles. The SMILES string of the molecule is COc1ccc(C(=O)c2ccccc2)c(Oc2ccc(C#N)c(C#N)c2)c1. The summed E-state index contributed by atoms with van der Waals surface area (Å²) in [6.45, 7) is 0. The van der Waals surface area contributed by atoms with E-state index in [4.69, 9.17) is 14.7 Å². The van der Waals surface area contributed by atoms with E-state index < -0.39 is 0 Å². The van der Waals surface area contributed by atoms with Gasteiger partial charge in [-0.2, -0.15) is 10.5 Å². The highest BCUT2D eigenvalue weighted by molar-refractivity contribution is 6.10. The molecule has 0 aromatic heterocycles. The number of carbonyl (C=O) groups is 1. The van der Waals surface area contributed by atoms with Crippen LogP contribution in [-0.2, 0) is 0 Å². The first-order valence-corrected chi connectivity index (χ1v) is 8.06. The Bertz CT molecular complexity index is 1080. The van der Waals surface area contributed by atoms with Crippen molar-refractivity contribution in [2.45, 2.75) is 0 Å². The highest BCUT2D eigenvalue weighted by Gasteiger charge is 2.17. The average Bonchev–Trinajstić information content (AvgIpc) is 2.73. The number of nitrogens with zero attached hydrogens (tertiary/aromatic N) is 2. The maximum absolute atomic E-state index is 12.9. The average molecular weight is 354 g/mol. The third kappa shape index (κ3) is 3.78. The van der Waals surface area contributed by atoms with E-state index in [1.54, 1.807) is 48.5 Å². The van der Waals surface area contributed by atoms with Crippen LogP contribution >= 0.6 is 0 Å². The van der Waals surface area contributed by atoms with Crippen molar-refractivity contribution in [2.75, 3.05) is 7.11 Å². The standard InChI is InChI=1S/C22H14N2O3/c1-26-18-9-10-20(22(25)15-5-3-2-4-6-15)21(12-18)27-19-8-7-16(13-23)17(11-19)14-24/h2-12H,1H3. The molecule has 0 amide bonds. The van der Waals surface area contributed by atoms with Crippen molar-refractivity contribution in [2.24, 2.45) is 0 Å². The Hall–Kier alpha value is -4.09. The Morgan fingerprint density at radius 1 is 0.852 bits per heavy atom. The molecule has 5 nitrogen and oxygen atoms in total. The minimum atomic E-state index is -0.192. The second-order valence-electron chi connectivity index (χ2n) is 5.59. The van der Waals surface area contributed by atoms with Crippen LogP contribution in [0.4, 0.5) is 0 Å². The largest absolute Gasteiger partial charge is 0.497 e. The molecule has 0 unspecified atom stereocenters. The molecule has 27 heavy (non-hydrogen) atoms. The minimum Gasteiger partial charge on any atom is -0.497 e. The molecule has 3 aromatic rings. The van der Waals surface area contributed by atoms with Gasteiger partial charge in [-0.05, 0) is 30.3 Å². The topological polar surface area (TPSA) is 83.1 Å². The zero-order valence-corrected chi connectivity index (χ0v) is 14.5. The summed E-state index contributed by atoms with van der Waals surface area (Å²) in [5.74, 6) is 0.990. The predicted molar refractivity (Wildman–Crippen MR) is 98.8 cm³/mol. The molecule has 0 bridgehead atoms. The number of carbonyl (C=O) groups excluding carboxylic acids is 1. The fourth-order valence-electron chi connectivity index (χ4n) is 2.55. The molecule has 130 valence electrons. The van der Waals surface area contributed by atoms with Gasteiger partial charge in [0.2, 0.25) is 0 Å². The lowest BCUT2D eigenvalue weighted by atomic mass is 10.0. The molecule has 0 spiro atoms. The molecule has 3 rings (SSSR count). The van der Waals surface area contributed by atoms with Gasteiger partial charge in [0, 0.05) is 11.6 Å². The van der Waals surface area contributed by atoms with Crippen molar-refractivity contribution in [3.63, 3.8) is 0 Å². The monoisotopic (exact) mass is 354 g/mol. The van der Waals surface area contributed by atoms with Gasteiger partial charge in [0.05, 0.1) is 23.8 Å². The first kappa shape index (κ1) is 17.7. The fourth-order valence-corrected chi connectivity index (χ4v) is 2.55. The van der Waals surface area contributed by atoms with Gasteiger partial charge in [0.1, 0.15) is 29.4 Å². The third-order valence-electron chi connectivity index (χ3n) is 3.93. The van der Waals surface area contributed by atoms with Crippen LogP contribution < -0.4 is 9.47 Å². The molecule has 5 heteroatoms. The van der Waals surface area contributed by atoms with Crippen molar-refractivity contribution in [1.82, 2.24) is 0 Å². The maximum Gasteiger partial charge on any atom is 0.196 e. The van der Waals surface area contributed by atoms with Gasteiger partial charge in [-0.3, -0.25) is 4.79 Å². The molecule has 0 heterocycles. The normalized spacial score (nSPS) is 9.74. The fraction of sp³-hybridized carbons (Fsp3) is 0.0455. The third-order valence-corrected chi connectivity index (χ3v) is 3.93. The molecule has 0 saturated heterocycles. The first-order valence-electron chi connectivity index (χ1n) is 8.06. The van der Waals surface area contributed by atoms with E-state index in [2.05, 4.69) is 0 Å². The summed E-state index contributed by atoms with van der Waals surface area (Å²) in [6, 6.07) is 22.3. The zero-order valence-electron chi connectivity index (χ0n) is 14.5. The van der Waals surface area contributed by atoms with Crippen molar-refractivity contribution in [3.8, 4) is 29.4 Å². The number of ketones is 1. The van der Waals surface area contributed by atoms with Crippen LogP contribution in [0.1, 0.15) is 27.0 Å².